The molecule has 19 heavy (non-hydrogen) atoms. The lowest BCUT2D eigenvalue weighted by molar-refractivity contribution is -0.152. The highest BCUT2D eigenvalue weighted by Gasteiger charge is 2.42. The Bertz CT molecular complexity index is 304. The van der Waals surface area contributed by atoms with Crippen molar-refractivity contribution in [3.05, 3.63) is 0 Å². The Balaban J connectivity index is 0.00000324. The number of halogens is 1. The van der Waals surface area contributed by atoms with Gasteiger partial charge in [-0.05, 0) is 19.3 Å². The SMILES string of the molecule is CCCC(N)C(=O)NC1(C(=O)OC)CCCCC1.Cl. The number of ether oxygens (including phenoxy) is 1. The minimum Gasteiger partial charge on any atom is -0.467 e. The van der Waals surface area contributed by atoms with Crippen molar-refractivity contribution in [3.8, 4) is 0 Å². The topological polar surface area (TPSA) is 81.4 Å². The molecule has 1 unspecified atom stereocenters. The maximum atomic E-state index is 12.0. The Morgan fingerprint density at radius 1 is 1.32 bits per heavy atom. The maximum absolute atomic E-state index is 12.0. The molecule has 0 aromatic rings. The summed E-state index contributed by atoms with van der Waals surface area (Å²) in [6, 6.07) is -0.543. The zero-order chi connectivity index (χ0) is 13.6. The number of hydrogen-bond donors (Lipinski definition) is 2. The summed E-state index contributed by atoms with van der Waals surface area (Å²) in [5.74, 6) is -0.594. The second-order valence-corrected chi connectivity index (χ2v) is 5.02. The van der Waals surface area contributed by atoms with Crippen molar-refractivity contribution < 1.29 is 14.3 Å². The summed E-state index contributed by atoms with van der Waals surface area (Å²) >= 11 is 0. The van der Waals surface area contributed by atoms with Crippen LogP contribution in [0.3, 0.4) is 0 Å². The monoisotopic (exact) mass is 292 g/mol. The summed E-state index contributed by atoms with van der Waals surface area (Å²) < 4.78 is 4.84. The van der Waals surface area contributed by atoms with E-state index in [2.05, 4.69) is 5.32 Å². The van der Waals surface area contributed by atoms with Gasteiger partial charge in [0.15, 0.2) is 0 Å². The molecular weight excluding hydrogens is 268 g/mol. The van der Waals surface area contributed by atoms with Crippen molar-refractivity contribution in [2.75, 3.05) is 7.11 Å². The second-order valence-electron chi connectivity index (χ2n) is 5.02. The average molecular weight is 293 g/mol. The van der Waals surface area contributed by atoms with E-state index in [1.165, 1.54) is 7.11 Å². The molecule has 112 valence electrons. The smallest absolute Gasteiger partial charge is 0.331 e. The minimum absolute atomic E-state index is 0. The lowest BCUT2D eigenvalue weighted by atomic mass is 9.81. The summed E-state index contributed by atoms with van der Waals surface area (Å²) in [7, 11) is 1.36. The molecule has 1 saturated carbocycles. The van der Waals surface area contributed by atoms with Crippen LogP contribution in [0, 0.1) is 0 Å². The van der Waals surface area contributed by atoms with Gasteiger partial charge in [0.05, 0.1) is 13.2 Å². The molecule has 1 rings (SSSR count). The van der Waals surface area contributed by atoms with E-state index in [-0.39, 0.29) is 24.3 Å². The molecular formula is C13H25ClN2O3. The van der Waals surface area contributed by atoms with Crippen LogP contribution in [0.1, 0.15) is 51.9 Å². The summed E-state index contributed by atoms with van der Waals surface area (Å²) in [6.45, 7) is 1.98. The number of nitrogens with two attached hydrogens (primary N) is 1. The summed E-state index contributed by atoms with van der Waals surface area (Å²) in [5, 5.41) is 2.83. The van der Waals surface area contributed by atoms with E-state index in [0.717, 1.165) is 25.7 Å². The third kappa shape index (κ3) is 4.66. The lowest BCUT2D eigenvalue weighted by Gasteiger charge is -2.35. The van der Waals surface area contributed by atoms with E-state index in [1.807, 2.05) is 6.92 Å². The number of nitrogens with one attached hydrogen (secondary N) is 1. The van der Waals surface area contributed by atoms with Crippen LogP contribution in [0.5, 0.6) is 0 Å². The molecule has 1 amide bonds. The zero-order valence-corrected chi connectivity index (χ0v) is 12.6. The van der Waals surface area contributed by atoms with Gasteiger partial charge in [-0.15, -0.1) is 12.4 Å². The van der Waals surface area contributed by atoms with E-state index >= 15 is 0 Å². The van der Waals surface area contributed by atoms with Gasteiger partial charge in [-0.1, -0.05) is 32.6 Å². The normalized spacial score (nSPS) is 18.9. The first-order valence-electron chi connectivity index (χ1n) is 6.72. The van der Waals surface area contributed by atoms with Crippen LogP contribution in [0.4, 0.5) is 0 Å². The molecule has 1 aliphatic carbocycles. The molecule has 0 saturated heterocycles. The molecule has 1 fully saturated rings. The fourth-order valence-corrected chi connectivity index (χ4v) is 2.50. The first-order valence-corrected chi connectivity index (χ1v) is 6.72. The molecule has 1 aliphatic rings. The van der Waals surface area contributed by atoms with E-state index in [4.69, 9.17) is 10.5 Å². The molecule has 0 spiro atoms. The fourth-order valence-electron chi connectivity index (χ4n) is 2.50. The van der Waals surface area contributed by atoms with Crippen molar-refractivity contribution in [1.82, 2.24) is 5.32 Å². The number of methoxy groups -OCH3 is 1. The summed E-state index contributed by atoms with van der Waals surface area (Å²) in [5.41, 5.74) is 4.93. The molecule has 5 nitrogen and oxygen atoms in total. The van der Waals surface area contributed by atoms with Crippen LogP contribution >= 0.6 is 12.4 Å². The van der Waals surface area contributed by atoms with E-state index < -0.39 is 11.6 Å². The van der Waals surface area contributed by atoms with Gasteiger partial charge in [0.2, 0.25) is 5.91 Å². The Kier molecular flexibility index (Phi) is 8.02. The Morgan fingerprint density at radius 3 is 2.37 bits per heavy atom. The van der Waals surface area contributed by atoms with E-state index in [0.29, 0.717) is 19.3 Å². The second kappa shape index (κ2) is 8.38. The standard InChI is InChI=1S/C13H24N2O3.ClH/c1-3-7-10(14)11(16)15-13(12(17)18-2)8-5-4-6-9-13;/h10H,3-9,14H2,1-2H3,(H,15,16);1H. The van der Waals surface area contributed by atoms with Crippen LogP contribution in [0.25, 0.3) is 0 Å². The van der Waals surface area contributed by atoms with Gasteiger partial charge in [-0.25, -0.2) is 4.79 Å². The highest BCUT2D eigenvalue weighted by Crippen LogP contribution is 2.29. The molecule has 6 heteroatoms. The van der Waals surface area contributed by atoms with Crippen LogP contribution in [-0.4, -0.2) is 30.6 Å². The summed E-state index contributed by atoms with van der Waals surface area (Å²) in [6.07, 6.45) is 5.71. The van der Waals surface area contributed by atoms with Gasteiger partial charge in [0.1, 0.15) is 5.54 Å². The van der Waals surface area contributed by atoms with Crippen LogP contribution in [-0.2, 0) is 14.3 Å². The van der Waals surface area contributed by atoms with Gasteiger partial charge in [-0.3, -0.25) is 4.79 Å². The van der Waals surface area contributed by atoms with Gasteiger partial charge in [-0.2, -0.15) is 0 Å². The van der Waals surface area contributed by atoms with Crippen LogP contribution in [0.15, 0.2) is 0 Å². The van der Waals surface area contributed by atoms with E-state index in [9.17, 15) is 9.59 Å². The molecule has 0 heterocycles. The van der Waals surface area contributed by atoms with Crippen molar-refractivity contribution in [2.24, 2.45) is 5.73 Å². The molecule has 0 aliphatic heterocycles. The molecule has 3 N–H and O–H groups in total. The first-order chi connectivity index (χ1) is 8.55. The van der Waals surface area contributed by atoms with Crippen molar-refractivity contribution >= 4 is 24.3 Å². The van der Waals surface area contributed by atoms with Crippen molar-refractivity contribution in [1.29, 1.82) is 0 Å². The van der Waals surface area contributed by atoms with Gasteiger partial charge in [0.25, 0.3) is 0 Å². The lowest BCUT2D eigenvalue weighted by Crippen LogP contribution is -2.59. The van der Waals surface area contributed by atoms with Crippen molar-refractivity contribution in [2.45, 2.75) is 63.5 Å². The quantitative estimate of drug-likeness (QED) is 0.753. The van der Waals surface area contributed by atoms with Gasteiger partial charge < -0.3 is 15.8 Å². The van der Waals surface area contributed by atoms with E-state index in [1.54, 1.807) is 0 Å². The predicted octanol–water partition coefficient (Wildman–Crippen LogP) is 1.53. The summed E-state index contributed by atoms with van der Waals surface area (Å²) in [4.78, 5) is 23.9. The zero-order valence-electron chi connectivity index (χ0n) is 11.7. The molecule has 1 atom stereocenters. The highest BCUT2D eigenvalue weighted by molar-refractivity contribution is 5.90. The van der Waals surface area contributed by atoms with Crippen LogP contribution < -0.4 is 11.1 Å². The fraction of sp³-hybridized carbons (Fsp3) is 0.846. The number of amides is 1. The highest BCUT2D eigenvalue weighted by atomic mass is 35.5. The third-order valence-electron chi connectivity index (χ3n) is 3.58. The molecule has 0 aromatic heterocycles. The Morgan fingerprint density at radius 2 is 1.89 bits per heavy atom. The molecule has 0 radical (unpaired) electrons. The maximum Gasteiger partial charge on any atom is 0.331 e. The number of esters is 1. The third-order valence-corrected chi connectivity index (χ3v) is 3.58. The average Bonchev–Trinajstić information content (AvgIpc) is 2.39. The van der Waals surface area contributed by atoms with Crippen molar-refractivity contribution in [3.63, 3.8) is 0 Å². The van der Waals surface area contributed by atoms with Gasteiger partial charge >= 0.3 is 5.97 Å². The molecule has 0 aromatic carbocycles. The largest absolute Gasteiger partial charge is 0.467 e. The van der Waals surface area contributed by atoms with Gasteiger partial charge in [0, 0.05) is 0 Å². The van der Waals surface area contributed by atoms with Crippen LogP contribution in [0.2, 0.25) is 0 Å². The molecule has 0 bridgehead atoms. The first kappa shape index (κ1) is 18.2. The predicted molar refractivity (Wildman–Crippen MR) is 76.1 cm³/mol. The number of carbonyl (C=O) groups excluding carboxylic acids is 2. The number of rotatable bonds is 5. The Labute approximate surface area is 121 Å². The number of hydrogen-bond acceptors (Lipinski definition) is 4. The number of carbonyl (C=O) groups is 2. The minimum atomic E-state index is -0.852. The Hall–Kier alpha value is -0.810.